The number of rotatable bonds is 5. The minimum absolute atomic E-state index is 0.177. The lowest BCUT2D eigenvalue weighted by Crippen LogP contribution is -2.26. The molecular weight excluding hydrogens is 324 g/mol. The van der Waals surface area contributed by atoms with Crippen molar-refractivity contribution in [2.45, 2.75) is 17.7 Å². The molecule has 8 heteroatoms. The molecule has 0 spiro atoms. The van der Waals surface area contributed by atoms with E-state index in [9.17, 15) is 8.42 Å². The van der Waals surface area contributed by atoms with E-state index in [-0.39, 0.29) is 4.90 Å². The van der Waals surface area contributed by atoms with Crippen molar-refractivity contribution in [1.29, 1.82) is 0 Å². The average Bonchev–Trinajstić information content (AvgIpc) is 2.90. The van der Waals surface area contributed by atoms with Gasteiger partial charge in [-0.05, 0) is 12.1 Å². The fourth-order valence-electron chi connectivity index (χ4n) is 2.06. The van der Waals surface area contributed by atoms with Crippen molar-refractivity contribution in [3.8, 4) is 11.5 Å². The maximum atomic E-state index is 12.3. The normalized spacial score (nSPS) is 14.5. The van der Waals surface area contributed by atoms with Crippen LogP contribution in [0.2, 0.25) is 0 Å². The first-order chi connectivity index (χ1) is 10.6. The second kappa shape index (κ2) is 6.64. The Balaban J connectivity index is 1.70. The highest BCUT2D eigenvalue weighted by Gasteiger charge is 2.18. The van der Waals surface area contributed by atoms with E-state index < -0.39 is 10.0 Å². The van der Waals surface area contributed by atoms with Crippen LogP contribution in [-0.2, 0) is 16.4 Å². The minimum Gasteiger partial charge on any atom is -0.490 e. The van der Waals surface area contributed by atoms with Crippen LogP contribution in [0.5, 0.6) is 11.5 Å². The molecule has 22 heavy (non-hydrogen) atoms. The van der Waals surface area contributed by atoms with Gasteiger partial charge in [0.2, 0.25) is 10.0 Å². The molecule has 0 amide bonds. The third-order valence-corrected chi connectivity index (χ3v) is 5.44. The van der Waals surface area contributed by atoms with Crippen molar-refractivity contribution >= 4 is 21.4 Å². The third-order valence-electron chi connectivity index (χ3n) is 3.14. The van der Waals surface area contributed by atoms with Crippen LogP contribution < -0.4 is 14.2 Å². The monoisotopic (exact) mass is 340 g/mol. The summed E-state index contributed by atoms with van der Waals surface area (Å²) < 4.78 is 38.2. The van der Waals surface area contributed by atoms with E-state index in [1.54, 1.807) is 12.3 Å². The van der Waals surface area contributed by atoms with Crippen LogP contribution in [0.1, 0.15) is 11.4 Å². The van der Waals surface area contributed by atoms with E-state index in [1.165, 1.54) is 23.5 Å². The Labute approximate surface area is 133 Å². The molecule has 0 fully saturated rings. The zero-order chi connectivity index (χ0) is 15.4. The standard InChI is InChI=1S/C14H16N2O4S2/c17-22(18,16-5-4-14-15-6-9-21-14)11-2-3-12-13(10-11)20-8-1-7-19-12/h2-3,6,9-10,16H,1,4-5,7-8H2. The Morgan fingerprint density at radius 2 is 2.05 bits per heavy atom. The van der Waals surface area contributed by atoms with E-state index in [1.807, 2.05) is 5.38 Å². The predicted octanol–water partition coefficient (Wildman–Crippen LogP) is 1.83. The summed E-state index contributed by atoms with van der Waals surface area (Å²) in [6.45, 7) is 1.41. The van der Waals surface area contributed by atoms with Crippen molar-refractivity contribution in [3.63, 3.8) is 0 Å². The molecule has 1 aliphatic heterocycles. The van der Waals surface area contributed by atoms with Gasteiger partial charge in [-0.3, -0.25) is 0 Å². The molecule has 0 saturated carbocycles. The molecule has 1 N–H and O–H groups in total. The molecule has 3 rings (SSSR count). The van der Waals surface area contributed by atoms with Gasteiger partial charge in [0.15, 0.2) is 11.5 Å². The number of aromatic nitrogens is 1. The smallest absolute Gasteiger partial charge is 0.240 e. The summed E-state index contributed by atoms with van der Waals surface area (Å²) in [7, 11) is -3.57. The zero-order valence-electron chi connectivity index (χ0n) is 11.8. The molecule has 0 bridgehead atoms. The molecular formula is C14H16N2O4S2. The first-order valence-corrected chi connectivity index (χ1v) is 9.29. The number of nitrogens with one attached hydrogen (secondary N) is 1. The van der Waals surface area contributed by atoms with Crippen LogP contribution >= 0.6 is 11.3 Å². The second-order valence-electron chi connectivity index (χ2n) is 4.73. The van der Waals surface area contributed by atoms with Gasteiger partial charge >= 0.3 is 0 Å². The van der Waals surface area contributed by atoms with Crippen LogP contribution in [0.4, 0.5) is 0 Å². The molecule has 0 radical (unpaired) electrons. The Bertz CT molecular complexity index is 729. The van der Waals surface area contributed by atoms with Gasteiger partial charge in [-0.15, -0.1) is 11.3 Å². The fourth-order valence-corrected chi connectivity index (χ4v) is 3.73. The maximum Gasteiger partial charge on any atom is 0.240 e. The number of fused-ring (bicyclic) bond motifs is 1. The lowest BCUT2D eigenvalue weighted by atomic mass is 10.3. The summed E-state index contributed by atoms with van der Waals surface area (Å²) in [5.41, 5.74) is 0. The highest BCUT2D eigenvalue weighted by atomic mass is 32.2. The molecule has 2 heterocycles. The van der Waals surface area contributed by atoms with E-state index in [0.717, 1.165) is 11.4 Å². The van der Waals surface area contributed by atoms with Crippen molar-refractivity contribution in [2.24, 2.45) is 0 Å². The van der Waals surface area contributed by atoms with Gasteiger partial charge in [-0.2, -0.15) is 0 Å². The van der Waals surface area contributed by atoms with Crippen LogP contribution in [0.3, 0.4) is 0 Å². The molecule has 1 aliphatic rings. The summed E-state index contributed by atoms with van der Waals surface area (Å²) in [6, 6.07) is 4.67. The molecule has 118 valence electrons. The van der Waals surface area contributed by atoms with Gasteiger partial charge < -0.3 is 9.47 Å². The third kappa shape index (κ3) is 3.57. The average molecular weight is 340 g/mol. The largest absolute Gasteiger partial charge is 0.490 e. The first-order valence-electron chi connectivity index (χ1n) is 6.93. The van der Waals surface area contributed by atoms with Gasteiger partial charge in [-0.1, -0.05) is 0 Å². The highest BCUT2D eigenvalue weighted by molar-refractivity contribution is 7.89. The van der Waals surface area contributed by atoms with Crippen LogP contribution in [0.25, 0.3) is 0 Å². The minimum atomic E-state index is -3.57. The SMILES string of the molecule is O=S(=O)(NCCc1nccs1)c1ccc2c(c1)OCCCO2. The van der Waals surface area contributed by atoms with Gasteiger partial charge in [-0.25, -0.2) is 18.1 Å². The van der Waals surface area contributed by atoms with Gasteiger partial charge in [0.05, 0.1) is 23.1 Å². The predicted molar refractivity (Wildman–Crippen MR) is 83.1 cm³/mol. The number of thiazole rings is 1. The first kappa shape index (κ1) is 15.3. The van der Waals surface area contributed by atoms with Crippen molar-refractivity contribution < 1.29 is 17.9 Å². The number of benzene rings is 1. The van der Waals surface area contributed by atoms with Gasteiger partial charge in [0, 0.05) is 37.0 Å². The Hall–Kier alpha value is -1.64. The van der Waals surface area contributed by atoms with E-state index >= 15 is 0 Å². The number of nitrogens with zero attached hydrogens (tertiary/aromatic N) is 1. The van der Waals surface area contributed by atoms with Gasteiger partial charge in [0.25, 0.3) is 0 Å². The lowest BCUT2D eigenvalue weighted by molar-refractivity contribution is 0.297. The van der Waals surface area contributed by atoms with Crippen molar-refractivity contribution in [2.75, 3.05) is 19.8 Å². The van der Waals surface area contributed by atoms with Crippen LogP contribution in [-0.4, -0.2) is 33.2 Å². The van der Waals surface area contributed by atoms with Crippen molar-refractivity contribution in [3.05, 3.63) is 34.8 Å². The highest BCUT2D eigenvalue weighted by Crippen LogP contribution is 2.31. The van der Waals surface area contributed by atoms with E-state index in [2.05, 4.69) is 9.71 Å². The fraction of sp³-hybridized carbons (Fsp3) is 0.357. The quantitative estimate of drug-likeness (QED) is 0.898. The molecule has 0 aliphatic carbocycles. The molecule has 0 unspecified atom stereocenters. The Morgan fingerprint density at radius 1 is 1.23 bits per heavy atom. The summed E-state index contributed by atoms with van der Waals surface area (Å²) in [4.78, 5) is 4.30. The molecule has 0 atom stereocenters. The summed E-state index contributed by atoms with van der Waals surface area (Å²) in [5, 5.41) is 2.77. The molecule has 1 aromatic carbocycles. The maximum absolute atomic E-state index is 12.3. The van der Waals surface area contributed by atoms with E-state index in [4.69, 9.17) is 9.47 Å². The zero-order valence-corrected chi connectivity index (χ0v) is 13.5. The van der Waals surface area contributed by atoms with Crippen molar-refractivity contribution in [1.82, 2.24) is 9.71 Å². The molecule has 0 saturated heterocycles. The Morgan fingerprint density at radius 3 is 2.82 bits per heavy atom. The Kier molecular flexibility index (Phi) is 4.60. The lowest BCUT2D eigenvalue weighted by Gasteiger charge is -2.10. The van der Waals surface area contributed by atoms with Crippen LogP contribution in [0, 0.1) is 0 Å². The molecule has 1 aromatic heterocycles. The summed E-state index contributed by atoms with van der Waals surface area (Å²) in [6.07, 6.45) is 3.06. The van der Waals surface area contributed by atoms with Gasteiger partial charge in [0.1, 0.15) is 0 Å². The second-order valence-corrected chi connectivity index (χ2v) is 7.48. The van der Waals surface area contributed by atoms with Crippen LogP contribution in [0.15, 0.2) is 34.7 Å². The number of hydrogen-bond donors (Lipinski definition) is 1. The topological polar surface area (TPSA) is 77.5 Å². The number of sulfonamides is 1. The number of hydrogen-bond acceptors (Lipinski definition) is 6. The number of ether oxygens (including phenoxy) is 2. The summed E-state index contributed by atoms with van der Waals surface area (Å²) >= 11 is 1.51. The molecule has 2 aromatic rings. The summed E-state index contributed by atoms with van der Waals surface area (Å²) in [5.74, 6) is 1.06. The van der Waals surface area contributed by atoms with E-state index in [0.29, 0.717) is 37.7 Å². The molecule has 6 nitrogen and oxygen atoms in total.